The third-order valence-electron chi connectivity index (χ3n) is 11.5. The maximum Gasteiger partial charge on any atom is 0.00385 e. The van der Waals surface area contributed by atoms with Gasteiger partial charge in [-0.1, -0.05) is 111 Å². The molecule has 0 bridgehead atoms. The Morgan fingerprint density at radius 2 is 0.489 bits per heavy atom. The Morgan fingerprint density at radius 3 is 0.622 bits per heavy atom. The zero-order valence-electron chi connectivity index (χ0n) is 33.1. The maximum atomic E-state index is 2.56. The van der Waals surface area contributed by atoms with Crippen LogP contribution >= 0.6 is 0 Å². The lowest BCUT2D eigenvalue weighted by atomic mass is 9.82. The van der Waals surface area contributed by atoms with Crippen LogP contribution in [0.5, 0.6) is 0 Å². The minimum absolute atomic E-state index is 0.769. The van der Waals surface area contributed by atoms with Crippen molar-refractivity contribution in [2.45, 2.75) is 209 Å². The topological polar surface area (TPSA) is 9.72 Å². The average Bonchev–Trinajstić information content (AvgIpc) is 3.08. The van der Waals surface area contributed by atoms with E-state index in [1.165, 1.54) is 161 Å². The molecule has 0 N–H and O–H groups in total. The van der Waals surface area contributed by atoms with E-state index in [0.29, 0.717) is 0 Å². The Bertz CT molecular complexity index is 484. The smallest absolute Gasteiger partial charge is 0.00385 e. The van der Waals surface area contributed by atoms with Crippen molar-refractivity contribution in [3.05, 3.63) is 0 Å². The van der Waals surface area contributed by atoms with E-state index in [2.05, 4.69) is 83.9 Å². The fourth-order valence-corrected chi connectivity index (χ4v) is 7.91. The van der Waals surface area contributed by atoms with Gasteiger partial charge in [-0.05, 0) is 143 Å². The van der Waals surface area contributed by atoms with Crippen LogP contribution in [0.2, 0.25) is 0 Å². The molecule has 0 aromatic rings. The van der Waals surface area contributed by atoms with Gasteiger partial charge >= 0.3 is 0 Å². The molecule has 45 heavy (non-hydrogen) atoms. The Labute approximate surface area is 286 Å². The molecule has 3 heterocycles. The molecule has 0 aromatic carbocycles. The fourth-order valence-electron chi connectivity index (χ4n) is 7.91. The molecule has 2 aliphatic carbocycles. The van der Waals surface area contributed by atoms with Crippen molar-refractivity contribution in [3.8, 4) is 0 Å². The first kappa shape index (κ1) is 42.9. The van der Waals surface area contributed by atoms with E-state index < -0.39 is 0 Å². The number of likely N-dealkylation sites (tertiary alicyclic amines) is 3. The quantitative estimate of drug-likeness (QED) is 0.298. The molecule has 2 saturated carbocycles. The van der Waals surface area contributed by atoms with Gasteiger partial charge in [-0.2, -0.15) is 0 Å². The summed E-state index contributed by atoms with van der Waals surface area (Å²) in [6.45, 7) is 31.1. The van der Waals surface area contributed by atoms with Crippen LogP contribution in [0, 0.1) is 23.7 Å². The summed E-state index contributed by atoms with van der Waals surface area (Å²) in [6, 6.07) is 2.31. The van der Waals surface area contributed by atoms with Crippen LogP contribution in [-0.2, 0) is 0 Å². The predicted molar refractivity (Wildman–Crippen MR) is 205 cm³/mol. The number of nitrogens with zero attached hydrogens (tertiary/aromatic N) is 3. The van der Waals surface area contributed by atoms with Gasteiger partial charge in [0.25, 0.3) is 0 Å². The summed E-state index contributed by atoms with van der Waals surface area (Å²) in [5.41, 5.74) is 0. The molecule has 0 radical (unpaired) electrons. The van der Waals surface area contributed by atoms with Gasteiger partial charge in [0.1, 0.15) is 0 Å². The third-order valence-corrected chi connectivity index (χ3v) is 11.5. The van der Waals surface area contributed by atoms with Gasteiger partial charge in [0.05, 0.1) is 0 Å². The molecule has 5 fully saturated rings. The van der Waals surface area contributed by atoms with Gasteiger partial charge in [-0.15, -0.1) is 0 Å². The van der Waals surface area contributed by atoms with Crippen molar-refractivity contribution >= 4 is 0 Å². The molecule has 3 saturated heterocycles. The Kier molecular flexibility index (Phi) is 25.5. The molecule has 0 atom stereocenters. The predicted octanol–water partition coefficient (Wildman–Crippen LogP) is 12.1. The second-order valence-corrected chi connectivity index (χ2v) is 16.9. The molecule has 0 aromatic heterocycles. The van der Waals surface area contributed by atoms with Crippen molar-refractivity contribution in [1.29, 1.82) is 0 Å². The molecule has 0 amide bonds. The monoisotopic (exact) mass is 634 g/mol. The van der Waals surface area contributed by atoms with Crippen LogP contribution in [0.15, 0.2) is 0 Å². The summed E-state index contributed by atoms with van der Waals surface area (Å²) in [7, 11) is 0. The highest BCUT2D eigenvalue weighted by Gasteiger charge is 2.17. The second-order valence-electron chi connectivity index (χ2n) is 16.9. The van der Waals surface area contributed by atoms with E-state index in [1.807, 2.05) is 0 Å². The van der Waals surface area contributed by atoms with Crippen molar-refractivity contribution in [3.63, 3.8) is 0 Å². The summed E-state index contributed by atoms with van der Waals surface area (Å²) in [4.78, 5) is 7.68. The zero-order chi connectivity index (χ0) is 33.5. The first-order valence-electron chi connectivity index (χ1n) is 20.7. The molecule has 3 heteroatoms. The molecule has 270 valence electrons. The van der Waals surface area contributed by atoms with Crippen LogP contribution in [-0.4, -0.2) is 72.1 Å². The summed E-state index contributed by atoms with van der Waals surface area (Å²) >= 11 is 0. The lowest BCUT2D eigenvalue weighted by Crippen LogP contribution is -2.35. The highest BCUT2D eigenvalue weighted by Crippen LogP contribution is 2.30. The minimum Gasteiger partial charge on any atom is -0.301 e. The van der Waals surface area contributed by atoms with E-state index in [4.69, 9.17) is 0 Å². The van der Waals surface area contributed by atoms with E-state index in [9.17, 15) is 0 Å². The first-order chi connectivity index (χ1) is 21.5. The Morgan fingerprint density at radius 1 is 0.289 bits per heavy atom. The summed E-state index contributed by atoms with van der Waals surface area (Å²) < 4.78 is 0. The van der Waals surface area contributed by atoms with Crippen LogP contribution in [0.3, 0.4) is 0 Å². The lowest BCUT2D eigenvalue weighted by molar-refractivity contribution is 0.185. The maximum absolute atomic E-state index is 2.56. The van der Waals surface area contributed by atoms with Gasteiger partial charge in [0.15, 0.2) is 0 Å². The van der Waals surface area contributed by atoms with Gasteiger partial charge in [-0.3, -0.25) is 0 Å². The van der Waals surface area contributed by atoms with Crippen LogP contribution in [0.1, 0.15) is 191 Å². The van der Waals surface area contributed by atoms with Crippen molar-refractivity contribution < 1.29 is 0 Å². The molecule has 0 spiro atoms. The van der Waals surface area contributed by atoms with Gasteiger partial charge in [0, 0.05) is 18.1 Å². The summed E-state index contributed by atoms with van der Waals surface area (Å²) in [5, 5.41) is 0. The fraction of sp³-hybridized carbons (Fsp3) is 1.00. The van der Waals surface area contributed by atoms with Crippen molar-refractivity contribution in [2.24, 2.45) is 23.7 Å². The van der Waals surface area contributed by atoms with E-state index in [0.717, 1.165) is 41.8 Å². The second kappa shape index (κ2) is 26.8. The highest BCUT2D eigenvalue weighted by molar-refractivity contribution is 4.70. The summed E-state index contributed by atoms with van der Waals surface area (Å²) in [5.74, 6) is 3.98. The molecule has 3 nitrogen and oxygen atoms in total. The molecule has 5 rings (SSSR count). The normalized spacial score (nSPS) is 23.0. The Hall–Kier alpha value is -0.120. The molecule has 3 aliphatic heterocycles. The molecular weight excluding hydrogens is 546 g/mol. The SMILES string of the molecule is CC(C)C1CCCCC1.CC(C)C1CCCCC1.CC(C)N1CCCCC1.CC(C)N1CCCCC1.CC(C)N1CCCCC1. The lowest BCUT2D eigenvalue weighted by Gasteiger charge is -2.29. The number of piperidine rings is 3. The van der Waals surface area contributed by atoms with E-state index in [1.54, 1.807) is 0 Å². The summed E-state index contributed by atoms with van der Waals surface area (Å²) in [6.07, 6.45) is 27.8. The van der Waals surface area contributed by atoms with Gasteiger partial charge in [-0.25, -0.2) is 0 Å². The standard InChI is InChI=1S/2C9H18.3C8H17N/c5*1-8(2)9-6-4-3-5-7-9/h2*8-9H,3-7H2,1-2H3;3*8H,3-7H2,1-2H3. The number of rotatable bonds is 5. The minimum atomic E-state index is 0.769. The average molecular weight is 634 g/mol. The molecule has 5 aliphatic rings. The van der Waals surface area contributed by atoms with Crippen LogP contribution in [0.25, 0.3) is 0 Å². The third kappa shape index (κ3) is 21.5. The molecule has 0 unspecified atom stereocenters. The largest absolute Gasteiger partial charge is 0.301 e. The van der Waals surface area contributed by atoms with Crippen molar-refractivity contribution in [1.82, 2.24) is 14.7 Å². The van der Waals surface area contributed by atoms with E-state index in [-0.39, 0.29) is 0 Å². The zero-order valence-corrected chi connectivity index (χ0v) is 33.1. The highest BCUT2D eigenvalue weighted by atomic mass is 15.2. The van der Waals surface area contributed by atoms with Crippen LogP contribution in [0.4, 0.5) is 0 Å². The van der Waals surface area contributed by atoms with Crippen LogP contribution < -0.4 is 0 Å². The van der Waals surface area contributed by atoms with Gasteiger partial charge < -0.3 is 14.7 Å². The Balaban J connectivity index is 0.000000281. The number of hydrogen-bond donors (Lipinski definition) is 0. The van der Waals surface area contributed by atoms with Gasteiger partial charge in [0.2, 0.25) is 0 Å². The van der Waals surface area contributed by atoms with Crippen molar-refractivity contribution in [2.75, 3.05) is 39.3 Å². The first-order valence-corrected chi connectivity index (χ1v) is 20.7. The molecular formula is C42H87N3. The number of hydrogen-bond acceptors (Lipinski definition) is 3. The van der Waals surface area contributed by atoms with E-state index >= 15 is 0 Å².